The predicted molar refractivity (Wildman–Crippen MR) is 78.3 cm³/mol. The van der Waals surface area contributed by atoms with Crippen LogP contribution in [0.1, 0.15) is 12.5 Å². The summed E-state index contributed by atoms with van der Waals surface area (Å²) in [6.07, 6.45) is 1.10. The van der Waals surface area contributed by atoms with E-state index in [-0.39, 0.29) is 5.82 Å². The predicted octanol–water partition coefficient (Wildman–Crippen LogP) is 3.43. The van der Waals surface area contributed by atoms with Crippen molar-refractivity contribution in [3.05, 3.63) is 40.2 Å². The monoisotopic (exact) mass is 335 g/mol. The van der Waals surface area contributed by atoms with Gasteiger partial charge in [0.25, 0.3) is 0 Å². The molecule has 0 fully saturated rings. The maximum Gasteiger partial charge on any atom is 0.224 e. The average Bonchev–Trinajstić information content (AvgIpc) is 2.44. The molecule has 7 heteroatoms. The fourth-order valence-corrected chi connectivity index (χ4v) is 1.99. The smallest absolute Gasteiger partial charge is 0.224 e. The maximum atomic E-state index is 13.7. The summed E-state index contributed by atoms with van der Waals surface area (Å²) >= 11 is 3.32. The Hall–Kier alpha value is -2.20. The summed E-state index contributed by atoms with van der Waals surface area (Å²) in [5, 5.41) is 14.6. The summed E-state index contributed by atoms with van der Waals surface area (Å²) in [4.78, 5) is 7.87. The first-order chi connectivity index (χ1) is 9.63. The molecule has 1 heterocycles. The first-order valence-electron chi connectivity index (χ1n) is 5.87. The van der Waals surface area contributed by atoms with Gasteiger partial charge in [-0.2, -0.15) is 10.2 Å². The van der Waals surface area contributed by atoms with Gasteiger partial charge in [-0.05, 0) is 41.1 Å². The van der Waals surface area contributed by atoms with Gasteiger partial charge in [0, 0.05) is 11.0 Å². The van der Waals surface area contributed by atoms with E-state index in [1.807, 2.05) is 13.0 Å². The topological polar surface area (TPSA) is 73.6 Å². The highest BCUT2D eigenvalue weighted by molar-refractivity contribution is 9.10. The summed E-state index contributed by atoms with van der Waals surface area (Å²) in [7, 11) is 0. The van der Waals surface area contributed by atoms with Crippen LogP contribution in [-0.4, -0.2) is 16.5 Å². The molecule has 1 aromatic carbocycles. The number of nitrogens with one attached hydrogen (secondary N) is 2. The highest BCUT2D eigenvalue weighted by Gasteiger charge is 2.09. The van der Waals surface area contributed by atoms with Crippen molar-refractivity contribution < 1.29 is 4.39 Å². The van der Waals surface area contributed by atoms with Gasteiger partial charge in [0.15, 0.2) is 11.6 Å². The SMILES string of the molecule is CCNc1ncc(F)c(Nc2ccc(C#N)cc2Br)n1. The summed E-state index contributed by atoms with van der Waals surface area (Å²) < 4.78 is 14.3. The molecule has 102 valence electrons. The molecule has 2 rings (SSSR count). The standard InChI is InChI=1S/C13H11BrFN5/c1-2-17-13-18-7-10(15)12(20-13)19-11-4-3-8(6-16)5-9(11)14/h3-5,7H,2H2,1H3,(H2,17,18,19,20). The Morgan fingerprint density at radius 1 is 1.45 bits per heavy atom. The van der Waals surface area contributed by atoms with Crippen molar-refractivity contribution in [3.63, 3.8) is 0 Å². The molecule has 0 aliphatic heterocycles. The van der Waals surface area contributed by atoms with E-state index in [2.05, 4.69) is 36.5 Å². The van der Waals surface area contributed by atoms with E-state index >= 15 is 0 Å². The molecule has 2 N–H and O–H groups in total. The number of aromatic nitrogens is 2. The normalized spacial score (nSPS) is 9.90. The molecule has 0 radical (unpaired) electrons. The van der Waals surface area contributed by atoms with E-state index in [1.54, 1.807) is 18.2 Å². The van der Waals surface area contributed by atoms with E-state index in [9.17, 15) is 4.39 Å². The largest absolute Gasteiger partial charge is 0.354 e. The summed E-state index contributed by atoms with van der Waals surface area (Å²) in [5.41, 5.74) is 1.13. The Labute approximate surface area is 124 Å². The molecular formula is C13H11BrFN5. The Morgan fingerprint density at radius 3 is 2.90 bits per heavy atom. The molecule has 0 saturated heterocycles. The van der Waals surface area contributed by atoms with Gasteiger partial charge < -0.3 is 10.6 Å². The molecule has 0 bridgehead atoms. The molecule has 0 saturated carbocycles. The first kappa shape index (κ1) is 14.2. The lowest BCUT2D eigenvalue weighted by atomic mass is 10.2. The quantitative estimate of drug-likeness (QED) is 0.895. The average molecular weight is 336 g/mol. The van der Waals surface area contributed by atoms with Crippen LogP contribution < -0.4 is 10.6 Å². The summed E-state index contributed by atoms with van der Waals surface area (Å²) in [6.45, 7) is 2.54. The van der Waals surface area contributed by atoms with Crippen LogP contribution in [0.2, 0.25) is 0 Å². The lowest BCUT2D eigenvalue weighted by molar-refractivity contribution is 0.619. The van der Waals surface area contributed by atoms with Gasteiger partial charge in [0.05, 0.1) is 23.5 Å². The van der Waals surface area contributed by atoms with Crippen LogP contribution in [-0.2, 0) is 0 Å². The minimum Gasteiger partial charge on any atom is -0.354 e. The zero-order valence-corrected chi connectivity index (χ0v) is 12.2. The lowest BCUT2D eigenvalue weighted by Crippen LogP contribution is -2.06. The van der Waals surface area contributed by atoms with Crippen molar-refractivity contribution in [2.75, 3.05) is 17.2 Å². The van der Waals surface area contributed by atoms with Crippen molar-refractivity contribution in [2.45, 2.75) is 6.92 Å². The third kappa shape index (κ3) is 3.22. The van der Waals surface area contributed by atoms with E-state index in [1.165, 1.54) is 0 Å². The van der Waals surface area contributed by atoms with Crippen LogP contribution in [0.25, 0.3) is 0 Å². The fraction of sp³-hybridized carbons (Fsp3) is 0.154. The third-order valence-corrected chi connectivity index (χ3v) is 3.09. The number of rotatable bonds is 4. The number of hydrogen-bond acceptors (Lipinski definition) is 5. The van der Waals surface area contributed by atoms with Crippen LogP contribution in [0.5, 0.6) is 0 Å². The molecule has 20 heavy (non-hydrogen) atoms. The van der Waals surface area contributed by atoms with Gasteiger partial charge in [-0.3, -0.25) is 0 Å². The summed E-state index contributed by atoms with van der Waals surface area (Å²) in [5.74, 6) is -0.134. The number of nitriles is 1. The molecular weight excluding hydrogens is 325 g/mol. The van der Waals surface area contributed by atoms with Crippen molar-refractivity contribution in [2.24, 2.45) is 0 Å². The van der Waals surface area contributed by atoms with Gasteiger partial charge in [-0.25, -0.2) is 9.37 Å². The summed E-state index contributed by atoms with van der Waals surface area (Å²) in [6, 6.07) is 6.99. The second-order valence-corrected chi connectivity index (χ2v) is 4.71. The van der Waals surface area contributed by atoms with E-state index in [0.29, 0.717) is 28.2 Å². The molecule has 1 aromatic heterocycles. The lowest BCUT2D eigenvalue weighted by Gasteiger charge is -2.10. The molecule has 0 unspecified atom stereocenters. The molecule has 2 aromatic rings. The highest BCUT2D eigenvalue weighted by atomic mass is 79.9. The zero-order chi connectivity index (χ0) is 14.5. The highest BCUT2D eigenvalue weighted by Crippen LogP contribution is 2.27. The van der Waals surface area contributed by atoms with E-state index < -0.39 is 5.82 Å². The van der Waals surface area contributed by atoms with Gasteiger partial charge in [-0.1, -0.05) is 0 Å². The van der Waals surface area contributed by atoms with Crippen molar-refractivity contribution in [1.82, 2.24) is 9.97 Å². The van der Waals surface area contributed by atoms with Crippen LogP contribution in [0.15, 0.2) is 28.9 Å². The van der Waals surface area contributed by atoms with Crippen molar-refractivity contribution >= 4 is 33.4 Å². The Balaban J connectivity index is 2.30. The van der Waals surface area contributed by atoms with Crippen LogP contribution in [0, 0.1) is 17.1 Å². The molecule has 0 atom stereocenters. The molecule has 0 spiro atoms. The third-order valence-electron chi connectivity index (χ3n) is 2.43. The first-order valence-corrected chi connectivity index (χ1v) is 6.66. The minimum atomic E-state index is -0.553. The number of anilines is 3. The molecule has 0 aliphatic carbocycles. The molecule has 0 amide bonds. The van der Waals surface area contributed by atoms with Crippen LogP contribution >= 0.6 is 15.9 Å². The number of benzene rings is 1. The van der Waals surface area contributed by atoms with Crippen molar-refractivity contribution in [1.29, 1.82) is 5.26 Å². The maximum absolute atomic E-state index is 13.7. The number of hydrogen-bond donors (Lipinski definition) is 2. The second-order valence-electron chi connectivity index (χ2n) is 3.85. The van der Waals surface area contributed by atoms with E-state index in [4.69, 9.17) is 5.26 Å². The zero-order valence-electron chi connectivity index (χ0n) is 10.6. The van der Waals surface area contributed by atoms with Gasteiger partial charge in [0.2, 0.25) is 5.95 Å². The van der Waals surface area contributed by atoms with E-state index in [0.717, 1.165) is 6.20 Å². The number of nitrogens with zero attached hydrogens (tertiary/aromatic N) is 3. The van der Waals surface area contributed by atoms with Crippen LogP contribution in [0.4, 0.5) is 21.8 Å². The Morgan fingerprint density at radius 2 is 2.25 bits per heavy atom. The van der Waals surface area contributed by atoms with Crippen LogP contribution in [0.3, 0.4) is 0 Å². The van der Waals surface area contributed by atoms with Gasteiger partial charge >= 0.3 is 0 Å². The van der Waals surface area contributed by atoms with Gasteiger partial charge in [-0.15, -0.1) is 0 Å². The Kier molecular flexibility index (Phi) is 4.48. The Bertz CT molecular complexity index is 668. The van der Waals surface area contributed by atoms with Crippen molar-refractivity contribution in [3.8, 4) is 6.07 Å². The molecule has 5 nitrogen and oxygen atoms in total. The van der Waals surface area contributed by atoms with Gasteiger partial charge in [0.1, 0.15) is 0 Å². The second kappa shape index (κ2) is 6.30. The molecule has 0 aliphatic rings. The number of halogens is 2. The fourth-order valence-electron chi connectivity index (χ4n) is 1.51. The minimum absolute atomic E-state index is 0.0707.